The molecule has 0 amide bonds. The maximum absolute atomic E-state index is 15.2. The Labute approximate surface area is 203 Å². The Morgan fingerprint density at radius 2 is 1.94 bits per heavy atom. The first-order valence-electron chi connectivity index (χ1n) is 11.0. The number of benzene rings is 1. The Morgan fingerprint density at radius 3 is 2.53 bits per heavy atom. The Hall–Kier alpha value is -2.04. The Morgan fingerprint density at radius 1 is 1.24 bits per heavy atom. The van der Waals surface area contributed by atoms with Gasteiger partial charge < -0.3 is 9.80 Å². The van der Waals surface area contributed by atoms with Gasteiger partial charge in [0, 0.05) is 24.7 Å². The van der Waals surface area contributed by atoms with Gasteiger partial charge in [0.2, 0.25) is 5.95 Å². The predicted octanol–water partition coefficient (Wildman–Crippen LogP) is 4.90. The van der Waals surface area contributed by atoms with Crippen LogP contribution < -0.4 is 9.62 Å². The van der Waals surface area contributed by atoms with Crippen LogP contribution in [0.4, 0.5) is 24.7 Å². The van der Waals surface area contributed by atoms with E-state index in [-0.39, 0.29) is 16.6 Å². The molecule has 0 bridgehead atoms. The SMILES string of the molecule is CN(C)C(C)(C)[C@@H]1CC[C@@]12CCN(c1cc(F)c(S(=O)(=O)Nc3cccc(F)n3)c(F)c1Cl)C2. The fourth-order valence-corrected chi connectivity index (χ4v) is 6.87. The number of anilines is 2. The molecule has 1 aromatic heterocycles. The van der Waals surface area contributed by atoms with Crippen LogP contribution in [0.15, 0.2) is 29.2 Å². The molecule has 1 spiro atoms. The number of hydrogen-bond acceptors (Lipinski definition) is 5. The molecule has 11 heteroatoms. The zero-order valence-electron chi connectivity index (χ0n) is 19.5. The molecule has 34 heavy (non-hydrogen) atoms. The lowest BCUT2D eigenvalue weighted by Crippen LogP contribution is -2.58. The summed E-state index contributed by atoms with van der Waals surface area (Å²) < 4.78 is 70.8. The van der Waals surface area contributed by atoms with Gasteiger partial charge in [0.15, 0.2) is 10.7 Å². The van der Waals surface area contributed by atoms with Crippen LogP contribution in [0.2, 0.25) is 5.02 Å². The van der Waals surface area contributed by atoms with Crippen molar-refractivity contribution in [1.29, 1.82) is 0 Å². The first-order chi connectivity index (χ1) is 15.8. The minimum atomic E-state index is -4.75. The maximum Gasteiger partial charge on any atom is 0.268 e. The van der Waals surface area contributed by atoms with Gasteiger partial charge in [-0.05, 0) is 70.7 Å². The van der Waals surface area contributed by atoms with E-state index < -0.39 is 43.3 Å². The average Bonchev–Trinajstić information content (AvgIpc) is 3.16. The van der Waals surface area contributed by atoms with Gasteiger partial charge in [-0.3, -0.25) is 4.72 Å². The van der Waals surface area contributed by atoms with Crippen molar-refractivity contribution in [1.82, 2.24) is 9.88 Å². The summed E-state index contributed by atoms with van der Waals surface area (Å²) in [4.78, 5) is 6.18. The third-order valence-corrected chi connectivity index (χ3v) is 9.47. The highest BCUT2D eigenvalue weighted by Gasteiger charge is 2.56. The number of nitrogens with zero attached hydrogens (tertiary/aromatic N) is 3. The standard InChI is InChI=1S/C23H28ClF3N4O2S/c1-22(2,30(3)4)16-8-9-23(16)10-11-31(13-23)15-12-14(25)21(20(27)19(15)24)34(32,33)29-18-7-5-6-17(26)28-18/h5-7,12,16H,8-11,13H2,1-4H3,(H,28,29)/t16-,23-/m0/s1. The van der Waals surface area contributed by atoms with E-state index in [0.29, 0.717) is 19.0 Å². The van der Waals surface area contributed by atoms with E-state index in [0.717, 1.165) is 31.4 Å². The molecule has 6 nitrogen and oxygen atoms in total. The maximum atomic E-state index is 15.2. The van der Waals surface area contributed by atoms with Crippen LogP contribution in [-0.4, -0.2) is 51.0 Å². The van der Waals surface area contributed by atoms with E-state index in [1.54, 1.807) is 0 Å². The molecule has 2 aliphatic rings. The first-order valence-corrected chi connectivity index (χ1v) is 12.9. The van der Waals surface area contributed by atoms with Gasteiger partial charge in [-0.25, -0.2) is 22.2 Å². The van der Waals surface area contributed by atoms with Gasteiger partial charge in [0.25, 0.3) is 10.0 Å². The van der Waals surface area contributed by atoms with Crippen molar-refractivity contribution in [3.63, 3.8) is 0 Å². The van der Waals surface area contributed by atoms with Crippen molar-refractivity contribution >= 4 is 33.1 Å². The number of pyridine rings is 1. The number of sulfonamides is 1. The summed E-state index contributed by atoms with van der Waals surface area (Å²) in [6.07, 6.45) is 2.96. The van der Waals surface area contributed by atoms with E-state index in [9.17, 15) is 12.8 Å². The average molecular weight is 517 g/mol. The Bertz CT molecular complexity index is 1220. The van der Waals surface area contributed by atoms with Crippen molar-refractivity contribution in [3.8, 4) is 0 Å². The first kappa shape index (κ1) is 25.1. The molecule has 1 aliphatic heterocycles. The summed E-state index contributed by atoms with van der Waals surface area (Å²) in [5.41, 5.74) is 0.104. The van der Waals surface area contributed by atoms with E-state index in [4.69, 9.17) is 11.6 Å². The summed E-state index contributed by atoms with van der Waals surface area (Å²) in [5.74, 6) is -3.60. The molecule has 0 unspecified atom stereocenters. The number of halogens is 4. The molecular formula is C23H28ClF3N4O2S. The monoisotopic (exact) mass is 516 g/mol. The van der Waals surface area contributed by atoms with Gasteiger partial charge in [-0.2, -0.15) is 4.39 Å². The zero-order chi connectivity index (χ0) is 25.1. The second-order valence-electron chi connectivity index (χ2n) is 9.96. The summed E-state index contributed by atoms with van der Waals surface area (Å²) in [6, 6.07) is 4.36. The largest absolute Gasteiger partial charge is 0.370 e. The third kappa shape index (κ3) is 4.13. The highest BCUT2D eigenvalue weighted by Crippen LogP contribution is 2.58. The summed E-state index contributed by atoms with van der Waals surface area (Å²) in [5, 5.41) is -0.464. The number of rotatable bonds is 6. The molecule has 186 valence electrons. The fourth-order valence-electron chi connectivity index (χ4n) is 5.40. The van der Waals surface area contributed by atoms with Crippen molar-refractivity contribution in [2.45, 2.75) is 43.5 Å². The quantitative estimate of drug-likeness (QED) is 0.437. The zero-order valence-corrected chi connectivity index (χ0v) is 21.1. The fraction of sp³-hybridized carbons (Fsp3) is 0.522. The van der Waals surface area contributed by atoms with Crippen LogP contribution in [-0.2, 0) is 10.0 Å². The number of aromatic nitrogens is 1. The molecule has 1 aliphatic carbocycles. The Balaban J connectivity index is 1.63. The normalized spacial score (nSPS) is 23.0. The minimum absolute atomic E-state index is 0.0133. The van der Waals surface area contributed by atoms with Gasteiger partial charge >= 0.3 is 0 Å². The molecule has 2 atom stereocenters. The molecular weight excluding hydrogens is 489 g/mol. The van der Waals surface area contributed by atoms with Gasteiger partial charge in [0.05, 0.1) is 5.69 Å². The lowest BCUT2D eigenvalue weighted by molar-refractivity contribution is -0.0539. The van der Waals surface area contributed by atoms with Gasteiger partial charge in [-0.15, -0.1) is 0 Å². The topological polar surface area (TPSA) is 65.5 Å². The number of hydrogen-bond donors (Lipinski definition) is 1. The van der Waals surface area contributed by atoms with Gasteiger partial charge in [0.1, 0.15) is 16.7 Å². The van der Waals surface area contributed by atoms with Crippen LogP contribution in [0.5, 0.6) is 0 Å². The van der Waals surface area contributed by atoms with E-state index in [1.807, 2.05) is 23.7 Å². The van der Waals surface area contributed by atoms with Crippen LogP contribution >= 0.6 is 11.6 Å². The molecule has 1 aromatic carbocycles. The van der Waals surface area contributed by atoms with Crippen molar-refractivity contribution in [2.75, 3.05) is 36.8 Å². The van der Waals surface area contributed by atoms with Crippen molar-refractivity contribution in [3.05, 3.63) is 46.9 Å². The lowest BCUT2D eigenvalue weighted by atomic mass is 9.53. The molecule has 0 radical (unpaired) electrons. The molecule has 4 rings (SSSR count). The predicted molar refractivity (Wildman–Crippen MR) is 126 cm³/mol. The second-order valence-corrected chi connectivity index (χ2v) is 12.0. The molecule has 1 saturated carbocycles. The van der Waals surface area contributed by atoms with Crippen LogP contribution in [0.3, 0.4) is 0 Å². The van der Waals surface area contributed by atoms with Crippen LogP contribution in [0, 0.1) is 28.9 Å². The lowest BCUT2D eigenvalue weighted by Gasteiger charge is -2.57. The minimum Gasteiger partial charge on any atom is -0.370 e. The van der Waals surface area contributed by atoms with Crippen molar-refractivity contribution in [2.24, 2.45) is 11.3 Å². The third-order valence-electron chi connectivity index (χ3n) is 7.72. The van der Waals surface area contributed by atoms with Crippen LogP contribution in [0.25, 0.3) is 0 Å². The van der Waals surface area contributed by atoms with E-state index >= 15 is 8.78 Å². The van der Waals surface area contributed by atoms with Crippen LogP contribution in [0.1, 0.15) is 33.1 Å². The van der Waals surface area contributed by atoms with Gasteiger partial charge in [-0.1, -0.05) is 17.7 Å². The van der Waals surface area contributed by atoms with E-state index in [1.165, 1.54) is 12.1 Å². The highest BCUT2D eigenvalue weighted by atomic mass is 35.5. The summed E-state index contributed by atoms with van der Waals surface area (Å²) in [7, 11) is -0.649. The summed E-state index contributed by atoms with van der Waals surface area (Å²) in [6.45, 7) is 5.56. The molecule has 1 saturated heterocycles. The smallest absolute Gasteiger partial charge is 0.268 e. The molecule has 2 heterocycles. The molecule has 1 N–H and O–H groups in total. The Kier molecular flexibility index (Phi) is 6.31. The number of nitrogens with one attached hydrogen (secondary N) is 1. The molecule has 2 aromatic rings. The highest BCUT2D eigenvalue weighted by molar-refractivity contribution is 7.92. The van der Waals surface area contributed by atoms with E-state index in [2.05, 4.69) is 23.7 Å². The molecule has 2 fully saturated rings. The second kappa shape index (κ2) is 8.57. The van der Waals surface area contributed by atoms with Crippen molar-refractivity contribution < 1.29 is 21.6 Å². The summed E-state index contributed by atoms with van der Waals surface area (Å²) >= 11 is 6.26.